The van der Waals surface area contributed by atoms with Gasteiger partial charge in [0.15, 0.2) is 0 Å². The van der Waals surface area contributed by atoms with Crippen molar-refractivity contribution in [3.63, 3.8) is 0 Å². The zero-order valence-electron chi connectivity index (χ0n) is 17.1. The van der Waals surface area contributed by atoms with Crippen LogP contribution in [0, 0.1) is 6.92 Å². The molecule has 3 rings (SSSR count). The highest BCUT2D eigenvalue weighted by atomic mass is 16.2. The van der Waals surface area contributed by atoms with E-state index >= 15 is 0 Å². The second-order valence-corrected chi connectivity index (χ2v) is 7.13. The number of aryl methyl sites for hydroxylation is 1. The van der Waals surface area contributed by atoms with Gasteiger partial charge in [0.05, 0.1) is 11.4 Å². The van der Waals surface area contributed by atoms with E-state index in [0.717, 1.165) is 54.5 Å². The van der Waals surface area contributed by atoms with Gasteiger partial charge in [-0.3, -0.25) is 9.79 Å². The molecule has 29 heavy (non-hydrogen) atoms. The topological polar surface area (TPSA) is 112 Å². The molecule has 0 radical (unpaired) electrons. The van der Waals surface area contributed by atoms with E-state index in [1.54, 1.807) is 6.21 Å². The van der Waals surface area contributed by atoms with Crippen molar-refractivity contribution in [3.05, 3.63) is 42.0 Å². The molecule has 2 aromatic heterocycles. The number of nitrogens with two attached hydrogens (primary N) is 1. The van der Waals surface area contributed by atoms with Gasteiger partial charge in [0.2, 0.25) is 11.9 Å². The maximum Gasteiger partial charge on any atom is 0.246 e. The largest absolute Gasteiger partial charge is 0.403 e. The zero-order valence-corrected chi connectivity index (χ0v) is 17.1. The third-order valence-electron chi connectivity index (χ3n) is 5.18. The van der Waals surface area contributed by atoms with Crippen LogP contribution in [0.5, 0.6) is 0 Å². The van der Waals surface area contributed by atoms with E-state index in [2.05, 4.69) is 31.8 Å². The van der Waals surface area contributed by atoms with Crippen LogP contribution in [-0.4, -0.2) is 51.1 Å². The summed E-state index contributed by atoms with van der Waals surface area (Å²) in [4.78, 5) is 30.8. The first-order valence-corrected chi connectivity index (χ1v) is 10.0. The maximum atomic E-state index is 12.2. The van der Waals surface area contributed by atoms with Crippen molar-refractivity contribution in [3.8, 4) is 0 Å². The standard InChI is InChI=1S/C21H29N7O/c1-4-18(29)28-9-7-6-8-17(28)10-15-12-24-20-19(15)14(3)25-21(27-20)26-16(11-22)13-23-5-2/h4,11-13,17H,1,5-10,22H2,2-3H3,(H2,24,25,26,27). The first-order valence-electron chi connectivity index (χ1n) is 10.0. The number of carbonyl (C=O) groups is 1. The van der Waals surface area contributed by atoms with Gasteiger partial charge in [-0.05, 0) is 51.2 Å². The average Bonchev–Trinajstić information content (AvgIpc) is 3.14. The first kappa shape index (κ1) is 20.6. The van der Waals surface area contributed by atoms with Crippen LogP contribution in [0.4, 0.5) is 5.95 Å². The van der Waals surface area contributed by atoms with Crippen molar-refractivity contribution in [2.45, 2.75) is 45.6 Å². The second-order valence-electron chi connectivity index (χ2n) is 7.13. The molecule has 1 saturated heterocycles. The van der Waals surface area contributed by atoms with Crippen molar-refractivity contribution in [2.75, 3.05) is 18.4 Å². The molecule has 1 unspecified atom stereocenters. The molecule has 3 heterocycles. The summed E-state index contributed by atoms with van der Waals surface area (Å²) in [5, 5.41) is 4.10. The Labute approximate surface area is 171 Å². The Kier molecular flexibility index (Phi) is 6.64. The number of aliphatic imine (C=N–C) groups is 1. The van der Waals surface area contributed by atoms with E-state index < -0.39 is 0 Å². The number of rotatable bonds is 7. The van der Waals surface area contributed by atoms with Crippen molar-refractivity contribution in [1.29, 1.82) is 0 Å². The number of nitrogens with one attached hydrogen (secondary N) is 2. The van der Waals surface area contributed by atoms with Gasteiger partial charge in [0.25, 0.3) is 0 Å². The molecule has 4 N–H and O–H groups in total. The zero-order chi connectivity index (χ0) is 20.8. The van der Waals surface area contributed by atoms with Crippen LogP contribution in [0.3, 0.4) is 0 Å². The summed E-state index contributed by atoms with van der Waals surface area (Å²) in [7, 11) is 0. The number of amides is 1. The highest BCUT2D eigenvalue weighted by molar-refractivity contribution is 5.88. The lowest BCUT2D eigenvalue weighted by molar-refractivity contribution is -0.129. The lowest BCUT2D eigenvalue weighted by Gasteiger charge is -2.35. The highest BCUT2D eigenvalue weighted by Crippen LogP contribution is 2.27. The Morgan fingerprint density at radius 3 is 3.03 bits per heavy atom. The van der Waals surface area contributed by atoms with Crippen LogP contribution in [0.1, 0.15) is 37.4 Å². The predicted molar refractivity (Wildman–Crippen MR) is 117 cm³/mol. The SMILES string of the molecule is C=CC(=O)N1CCCCC1Cc1c[nH]c2nc(NC(C=NCC)=CN)nc(C)c12. The normalized spacial score (nSPS) is 17.8. The third kappa shape index (κ3) is 4.64. The molecule has 1 atom stereocenters. The number of piperidine rings is 1. The summed E-state index contributed by atoms with van der Waals surface area (Å²) in [5.41, 5.74) is 9.04. The highest BCUT2D eigenvalue weighted by Gasteiger charge is 2.26. The fourth-order valence-corrected chi connectivity index (χ4v) is 3.82. The van der Waals surface area contributed by atoms with Crippen molar-refractivity contribution in [1.82, 2.24) is 19.9 Å². The molecular weight excluding hydrogens is 366 g/mol. The van der Waals surface area contributed by atoms with E-state index in [0.29, 0.717) is 18.2 Å². The predicted octanol–water partition coefficient (Wildman–Crippen LogP) is 2.68. The molecule has 1 amide bonds. The van der Waals surface area contributed by atoms with Gasteiger partial charge in [0, 0.05) is 43.1 Å². The van der Waals surface area contributed by atoms with Crippen molar-refractivity contribution >= 4 is 29.1 Å². The van der Waals surface area contributed by atoms with Gasteiger partial charge in [-0.15, -0.1) is 0 Å². The Bertz CT molecular complexity index is 944. The number of hydrogen-bond donors (Lipinski definition) is 3. The molecule has 0 aliphatic carbocycles. The fourth-order valence-electron chi connectivity index (χ4n) is 3.82. The number of fused-ring (bicyclic) bond motifs is 1. The summed E-state index contributed by atoms with van der Waals surface area (Å²) in [6.07, 6.45) is 10.4. The smallest absolute Gasteiger partial charge is 0.246 e. The van der Waals surface area contributed by atoms with E-state index in [-0.39, 0.29) is 11.9 Å². The Hall–Kier alpha value is -3.16. The van der Waals surface area contributed by atoms with Crippen LogP contribution < -0.4 is 11.1 Å². The molecule has 2 aromatic rings. The van der Waals surface area contributed by atoms with Crippen molar-refractivity contribution < 1.29 is 4.79 Å². The molecule has 1 aliphatic rings. The van der Waals surface area contributed by atoms with Gasteiger partial charge in [-0.1, -0.05) is 6.58 Å². The van der Waals surface area contributed by atoms with Crippen molar-refractivity contribution in [2.24, 2.45) is 10.7 Å². The summed E-state index contributed by atoms with van der Waals surface area (Å²) in [5.74, 6) is 0.465. The van der Waals surface area contributed by atoms with E-state index in [9.17, 15) is 4.79 Å². The molecule has 8 nitrogen and oxygen atoms in total. The summed E-state index contributed by atoms with van der Waals surface area (Å²) < 4.78 is 0. The van der Waals surface area contributed by atoms with Crippen LogP contribution >= 0.6 is 0 Å². The van der Waals surface area contributed by atoms with Gasteiger partial charge >= 0.3 is 0 Å². The van der Waals surface area contributed by atoms with Gasteiger partial charge < -0.3 is 20.9 Å². The number of H-pyrrole nitrogens is 1. The number of nitrogens with zero attached hydrogens (tertiary/aromatic N) is 4. The van der Waals surface area contributed by atoms with Crippen LogP contribution in [0.15, 0.2) is 35.7 Å². The molecule has 1 aliphatic heterocycles. The minimum atomic E-state index is 0.00356. The number of allylic oxidation sites excluding steroid dienone is 1. The van der Waals surface area contributed by atoms with Crippen LogP contribution in [0.2, 0.25) is 0 Å². The van der Waals surface area contributed by atoms with Gasteiger partial charge in [-0.2, -0.15) is 4.98 Å². The lowest BCUT2D eigenvalue weighted by atomic mass is 9.95. The molecule has 1 fully saturated rings. The molecular formula is C21H29N7O. The number of carbonyl (C=O) groups excluding carboxylic acids is 1. The van der Waals surface area contributed by atoms with E-state index in [1.807, 2.05) is 24.9 Å². The Balaban J connectivity index is 1.85. The fraction of sp³-hybridized carbons (Fsp3) is 0.429. The average molecular weight is 396 g/mol. The minimum Gasteiger partial charge on any atom is -0.403 e. The lowest BCUT2D eigenvalue weighted by Crippen LogP contribution is -2.44. The maximum absolute atomic E-state index is 12.2. The molecule has 0 spiro atoms. The number of likely N-dealkylation sites (tertiary alicyclic amines) is 1. The number of aromatic nitrogens is 3. The number of hydrogen-bond acceptors (Lipinski definition) is 6. The van der Waals surface area contributed by atoms with Gasteiger partial charge in [0.1, 0.15) is 5.65 Å². The summed E-state index contributed by atoms with van der Waals surface area (Å²) in [6, 6.07) is 0.169. The Morgan fingerprint density at radius 2 is 2.31 bits per heavy atom. The molecule has 0 bridgehead atoms. The molecule has 8 heteroatoms. The van der Waals surface area contributed by atoms with E-state index in [1.165, 1.54) is 12.3 Å². The molecule has 154 valence electrons. The number of anilines is 1. The van der Waals surface area contributed by atoms with Crippen LogP contribution in [-0.2, 0) is 11.2 Å². The van der Waals surface area contributed by atoms with Crippen LogP contribution in [0.25, 0.3) is 11.0 Å². The Morgan fingerprint density at radius 1 is 1.48 bits per heavy atom. The number of aromatic amines is 1. The summed E-state index contributed by atoms with van der Waals surface area (Å²) in [6.45, 7) is 9.02. The molecule has 0 aromatic carbocycles. The first-order chi connectivity index (χ1) is 14.1. The van der Waals surface area contributed by atoms with E-state index in [4.69, 9.17) is 5.73 Å². The minimum absolute atomic E-state index is 0.00356. The second kappa shape index (κ2) is 9.36. The summed E-state index contributed by atoms with van der Waals surface area (Å²) >= 11 is 0. The van der Waals surface area contributed by atoms with Gasteiger partial charge in [-0.25, -0.2) is 4.98 Å². The quantitative estimate of drug-likeness (QED) is 0.493. The third-order valence-corrected chi connectivity index (χ3v) is 5.18. The monoisotopic (exact) mass is 395 g/mol. The molecule has 0 saturated carbocycles.